The number of sulfonamides is 1. The van der Waals surface area contributed by atoms with E-state index in [2.05, 4.69) is 21.2 Å². The van der Waals surface area contributed by atoms with Gasteiger partial charge in [0.25, 0.3) is 5.91 Å². The summed E-state index contributed by atoms with van der Waals surface area (Å²) in [7, 11) is -3.48. The molecule has 5 nitrogen and oxygen atoms in total. The van der Waals surface area contributed by atoms with Gasteiger partial charge in [-0.05, 0) is 35.9 Å². The quantitative estimate of drug-likeness (QED) is 0.679. The van der Waals surface area contributed by atoms with Gasteiger partial charge in [0.05, 0.1) is 15.5 Å². The average molecular weight is 460 g/mol. The summed E-state index contributed by atoms with van der Waals surface area (Å²) in [4.78, 5) is 12.5. The van der Waals surface area contributed by atoms with Crippen LogP contribution in [0.1, 0.15) is 29.8 Å². The zero-order chi connectivity index (χ0) is 19.3. The molecule has 0 aliphatic heterocycles. The van der Waals surface area contributed by atoms with E-state index in [0.717, 1.165) is 10.0 Å². The van der Waals surface area contributed by atoms with Gasteiger partial charge in [-0.2, -0.15) is 4.31 Å². The minimum absolute atomic E-state index is 0.242. The van der Waals surface area contributed by atoms with Crippen molar-refractivity contribution in [3.63, 3.8) is 0 Å². The number of nitrogens with one attached hydrogen (secondary N) is 1. The SMILES string of the molecule is CCN(CC)S(=O)(=O)c1ccc(CNC(=O)c2cc(Br)ccc2Cl)cc1. The zero-order valence-corrected chi connectivity index (χ0v) is 17.7. The first-order valence-electron chi connectivity index (χ1n) is 8.12. The Kier molecular flexibility index (Phi) is 7.23. The van der Waals surface area contributed by atoms with Gasteiger partial charge in [0.15, 0.2) is 0 Å². The first-order chi connectivity index (χ1) is 12.3. The van der Waals surface area contributed by atoms with E-state index in [9.17, 15) is 13.2 Å². The van der Waals surface area contributed by atoms with E-state index in [1.165, 1.54) is 4.31 Å². The lowest BCUT2D eigenvalue weighted by atomic mass is 10.2. The van der Waals surface area contributed by atoms with Gasteiger partial charge in [-0.15, -0.1) is 0 Å². The number of nitrogens with zero attached hydrogens (tertiary/aromatic N) is 1. The molecule has 0 unspecified atom stereocenters. The van der Waals surface area contributed by atoms with E-state index >= 15 is 0 Å². The fourth-order valence-electron chi connectivity index (χ4n) is 2.44. The van der Waals surface area contributed by atoms with Crippen molar-refractivity contribution in [3.05, 3.63) is 63.1 Å². The number of amides is 1. The number of rotatable bonds is 7. The second-order valence-corrected chi connectivity index (χ2v) is 8.80. The molecule has 26 heavy (non-hydrogen) atoms. The lowest BCUT2D eigenvalue weighted by Crippen LogP contribution is -2.30. The van der Waals surface area contributed by atoms with E-state index in [-0.39, 0.29) is 17.3 Å². The first kappa shape index (κ1) is 20.9. The molecule has 1 amide bonds. The standard InChI is InChI=1S/C18H20BrClN2O3S/c1-3-22(4-2)26(24,25)15-8-5-13(6-9-15)12-21-18(23)16-11-14(19)7-10-17(16)20/h5-11H,3-4,12H2,1-2H3,(H,21,23). The van der Waals surface area contributed by atoms with E-state index < -0.39 is 10.0 Å². The maximum absolute atomic E-state index is 12.5. The maximum atomic E-state index is 12.5. The van der Waals surface area contributed by atoms with Gasteiger partial charge in [-0.3, -0.25) is 4.79 Å². The van der Waals surface area contributed by atoms with Crippen LogP contribution < -0.4 is 5.32 Å². The second kappa shape index (κ2) is 8.99. The topological polar surface area (TPSA) is 66.5 Å². The monoisotopic (exact) mass is 458 g/mol. The Balaban J connectivity index is 2.08. The van der Waals surface area contributed by atoms with Crippen molar-refractivity contribution >= 4 is 43.5 Å². The molecule has 140 valence electrons. The Morgan fingerprint density at radius 1 is 1.12 bits per heavy atom. The number of carbonyl (C=O) groups excluding carboxylic acids is 1. The molecule has 0 heterocycles. The van der Waals surface area contributed by atoms with Crippen molar-refractivity contribution in [1.82, 2.24) is 9.62 Å². The average Bonchev–Trinajstić information content (AvgIpc) is 2.63. The van der Waals surface area contributed by atoms with Gasteiger partial charge in [0, 0.05) is 24.1 Å². The van der Waals surface area contributed by atoms with Gasteiger partial charge >= 0.3 is 0 Å². The molecule has 2 aromatic carbocycles. The van der Waals surface area contributed by atoms with E-state index in [4.69, 9.17) is 11.6 Å². The van der Waals surface area contributed by atoms with Crippen LogP contribution in [0.15, 0.2) is 51.8 Å². The Morgan fingerprint density at radius 2 is 1.73 bits per heavy atom. The molecule has 0 spiro atoms. The van der Waals surface area contributed by atoms with Crippen LogP contribution in [-0.4, -0.2) is 31.7 Å². The maximum Gasteiger partial charge on any atom is 0.253 e. The molecule has 0 bridgehead atoms. The minimum atomic E-state index is -3.48. The minimum Gasteiger partial charge on any atom is -0.348 e. The predicted molar refractivity (Wildman–Crippen MR) is 107 cm³/mol. The summed E-state index contributed by atoms with van der Waals surface area (Å²) < 4.78 is 27.1. The molecular formula is C18H20BrClN2O3S. The summed E-state index contributed by atoms with van der Waals surface area (Å²) >= 11 is 9.36. The lowest BCUT2D eigenvalue weighted by molar-refractivity contribution is 0.0951. The Morgan fingerprint density at radius 3 is 2.31 bits per heavy atom. The highest BCUT2D eigenvalue weighted by molar-refractivity contribution is 9.10. The van der Waals surface area contributed by atoms with Crippen molar-refractivity contribution in [2.75, 3.05) is 13.1 Å². The molecule has 0 atom stereocenters. The van der Waals surface area contributed by atoms with Crippen LogP contribution in [0.3, 0.4) is 0 Å². The highest BCUT2D eigenvalue weighted by atomic mass is 79.9. The second-order valence-electron chi connectivity index (χ2n) is 5.54. The molecule has 1 N–H and O–H groups in total. The highest BCUT2D eigenvalue weighted by Crippen LogP contribution is 2.21. The molecule has 0 saturated carbocycles. The van der Waals surface area contributed by atoms with Crippen LogP contribution in [0, 0.1) is 0 Å². The fourth-order valence-corrected chi connectivity index (χ4v) is 4.46. The number of halogens is 2. The summed E-state index contributed by atoms with van der Waals surface area (Å²) in [5.41, 5.74) is 1.17. The molecule has 2 rings (SSSR count). The Bertz CT molecular complexity index is 882. The summed E-state index contributed by atoms with van der Waals surface area (Å²) in [6, 6.07) is 11.6. The first-order valence-corrected chi connectivity index (χ1v) is 10.7. The van der Waals surface area contributed by atoms with Gasteiger partial charge < -0.3 is 5.32 Å². The number of hydrogen-bond donors (Lipinski definition) is 1. The molecule has 0 fully saturated rings. The van der Waals surface area contributed by atoms with Crippen molar-refractivity contribution in [1.29, 1.82) is 0 Å². The van der Waals surface area contributed by atoms with Crippen molar-refractivity contribution in [2.24, 2.45) is 0 Å². The third kappa shape index (κ3) is 4.85. The molecule has 8 heteroatoms. The van der Waals surface area contributed by atoms with Crippen LogP contribution in [0.25, 0.3) is 0 Å². The largest absolute Gasteiger partial charge is 0.348 e. The Labute approximate surface area is 167 Å². The number of hydrogen-bond acceptors (Lipinski definition) is 3. The van der Waals surface area contributed by atoms with Gasteiger partial charge in [-0.25, -0.2) is 8.42 Å². The smallest absolute Gasteiger partial charge is 0.253 e. The van der Waals surface area contributed by atoms with Gasteiger partial charge in [0.1, 0.15) is 0 Å². The molecule has 0 saturated heterocycles. The molecule has 0 aliphatic rings. The van der Waals surface area contributed by atoms with Crippen LogP contribution in [0.2, 0.25) is 5.02 Å². The van der Waals surface area contributed by atoms with Crippen LogP contribution in [0.4, 0.5) is 0 Å². The van der Waals surface area contributed by atoms with Crippen LogP contribution in [0.5, 0.6) is 0 Å². The van der Waals surface area contributed by atoms with Gasteiger partial charge in [0.2, 0.25) is 10.0 Å². The summed E-state index contributed by atoms with van der Waals surface area (Å²) in [6.07, 6.45) is 0. The normalized spacial score (nSPS) is 11.6. The van der Waals surface area contributed by atoms with E-state index in [1.54, 1.807) is 56.3 Å². The third-order valence-electron chi connectivity index (χ3n) is 3.89. The number of carbonyl (C=O) groups is 1. The predicted octanol–water partition coefficient (Wildman–Crippen LogP) is 4.06. The van der Waals surface area contributed by atoms with E-state index in [1.807, 2.05) is 0 Å². The van der Waals surface area contributed by atoms with Crippen molar-refractivity contribution < 1.29 is 13.2 Å². The molecule has 0 aliphatic carbocycles. The number of benzene rings is 2. The Hall–Kier alpha value is -1.41. The summed E-state index contributed by atoms with van der Waals surface area (Å²) in [6.45, 7) is 4.72. The molecule has 0 radical (unpaired) electrons. The molecule has 0 aromatic heterocycles. The summed E-state index contributed by atoms with van der Waals surface area (Å²) in [5.74, 6) is -0.295. The van der Waals surface area contributed by atoms with Gasteiger partial charge in [-0.1, -0.05) is 53.5 Å². The fraction of sp³-hybridized carbons (Fsp3) is 0.278. The van der Waals surface area contributed by atoms with Crippen LogP contribution >= 0.6 is 27.5 Å². The highest BCUT2D eigenvalue weighted by Gasteiger charge is 2.21. The van der Waals surface area contributed by atoms with E-state index in [0.29, 0.717) is 23.7 Å². The van der Waals surface area contributed by atoms with Crippen LogP contribution in [-0.2, 0) is 16.6 Å². The van der Waals surface area contributed by atoms with Crippen molar-refractivity contribution in [2.45, 2.75) is 25.3 Å². The molecular weight excluding hydrogens is 440 g/mol. The molecule has 2 aromatic rings. The summed E-state index contributed by atoms with van der Waals surface area (Å²) in [5, 5.41) is 3.15. The van der Waals surface area contributed by atoms with Crippen molar-refractivity contribution in [3.8, 4) is 0 Å². The zero-order valence-electron chi connectivity index (χ0n) is 14.5. The lowest BCUT2D eigenvalue weighted by Gasteiger charge is -2.18. The third-order valence-corrected chi connectivity index (χ3v) is 6.78.